The number of carboxylic acids is 1. The SMILES string of the molecule is COc1ccc(CN(C)C(C)C(=O)O)cc1OCCC(C)C. The number of carbonyl (C=O) groups is 1. The Morgan fingerprint density at radius 2 is 1.95 bits per heavy atom. The van der Waals surface area contributed by atoms with Crippen LogP contribution in [0.15, 0.2) is 18.2 Å². The van der Waals surface area contributed by atoms with E-state index in [4.69, 9.17) is 14.6 Å². The molecule has 1 aromatic rings. The highest BCUT2D eigenvalue weighted by molar-refractivity contribution is 5.72. The zero-order valence-electron chi connectivity index (χ0n) is 14.1. The van der Waals surface area contributed by atoms with Gasteiger partial charge in [0, 0.05) is 6.54 Å². The average Bonchev–Trinajstić information content (AvgIpc) is 2.46. The van der Waals surface area contributed by atoms with Crippen molar-refractivity contribution in [2.75, 3.05) is 20.8 Å². The first-order chi connectivity index (χ1) is 10.3. The number of carboxylic acid groups (broad SMARTS) is 1. The summed E-state index contributed by atoms with van der Waals surface area (Å²) in [4.78, 5) is 12.8. The number of methoxy groups -OCH3 is 1. The van der Waals surface area contributed by atoms with Crippen molar-refractivity contribution < 1.29 is 19.4 Å². The normalized spacial score (nSPS) is 12.5. The average molecular weight is 309 g/mol. The van der Waals surface area contributed by atoms with E-state index in [-0.39, 0.29) is 0 Å². The molecule has 0 bridgehead atoms. The summed E-state index contributed by atoms with van der Waals surface area (Å²) in [6.07, 6.45) is 0.976. The summed E-state index contributed by atoms with van der Waals surface area (Å²) in [6.45, 7) is 7.15. The van der Waals surface area contributed by atoms with Crippen LogP contribution >= 0.6 is 0 Å². The van der Waals surface area contributed by atoms with Crippen LogP contribution in [0.25, 0.3) is 0 Å². The van der Waals surface area contributed by atoms with Crippen molar-refractivity contribution >= 4 is 5.97 Å². The maximum atomic E-state index is 11.0. The number of hydrogen-bond acceptors (Lipinski definition) is 4. The van der Waals surface area contributed by atoms with Gasteiger partial charge in [0.2, 0.25) is 0 Å². The molecule has 22 heavy (non-hydrogen) atoms. The van der Waals surface area contributed by atoms with E-state index in [1.54, 1.807) is 26.0 Å². The third-order valence-electron chi connectivity index (χ3n) is 3.63. The largest absolute Gasteiger partial charge is 0.493 e. The van der Waals surface area contributed by atoms with Gasteiger partial charge in [-0.3, -0.25) is 9.69 Å². The minimum atomic E-state index is -0.829. The lowest BCUT2D eigenvalue weighted by Crippen LogP contribution is -2.35. The van der Waals surface area contributed by atoms with Crippen molar-refractivity contribution in [3.8, 4) is 11.5 Å². The molecule has 5 heteroatoms. The number of likely N-dealkylation sites (N-methyl/N-ethyl adjacent to an activating group) is 1. The van der Waals surface area contributed by atoms with Gasteiger partial charge in [0.05, 0.1) is 13.7 Å². The Morgan fingerprint density at radius 3 is 2.50 bits per heavy atom. The summed E-state index contributed by atoms with van der Waals surface area (Å²) >= 11 is 0. The fraction of sp³-hybridized carbons (Fsp3) is 0.588. The van der Waals surface area contributed by atoms with Gasteiger partial charge in [0.15, 0.2) is 11.5 Å². The molecule has 0 aliphatic rings. The summed E-state index contributed by atoms with van der Waals surface area (Å²) in [6, 6.07) is 5.18. The van der Waals surface area contributed by atoms with Crippen molar-refractivity contribution in [1.29, 1.82) is 0 Å². The van der Waals surface area contributed by atoms with Crippen LogP contribution in [-0.2, 0) is 11.3 Å². The molecule has 0 aromatic heterocycles. The van der Waals surface area contributed by atoms with Crippen LogP contribution in [0.5, 0.6) is 11.5 Å². The summed E-state index contributed by atoms with van der Waals surface area (Å²) in [7, 11) is 3.41. The van der Waals surface area contributed by atoms with Crippen molar-refractivity contribution in [3.05, 3.63) is 23.8 Å². The van der Waals surface area contributed by atoms with Crippen molar-refractivity contribution in [1.82, 2.24) is 4.90 Å². The molecule has 0 amide bonds. The van der Waals surface area contributed by atoms with Crippen molar-refractivity contribution in [2.24, 2.45) is 5.92 Å². The summed E-state index contributed by atoms with van der Waals surface area (Å²) in [5.74, 6) is 1.15. The minimum absolute atomic E-state index is 0.535. The van der Waals surface area contributed by atoms with Crippen molar-refractivity contribution in [3.63, 3.8) is 0 Å². The summed E-state index contributed by atoms with van der Waals surface area (Å²) < 4.78 is 11.1. The first-order valence-electron chi connectivity index (χ1n) is 7.58. The second-order valence-electron chi connectivity index (χ2n) is 5.95. The number of nitrogens with zero attached hydrogens (tertiary/aromatic N) is 1. The monoisotopic (exact) mass is 309 g/mol. The van der Waals surface area contributed by atoms with Gasteiger partial charge >= 0.3 is 5.97 Å². The standard InChI is InChI=1S/C17H27NO4/c1-12(2)8-9-22-16-10-14(6-7-15(16)21-5)11-18(4)13(3)17(19)20/h6-7,10,12-13H,8-9,11H2,1-5H3,(H,19,20). The van der Waals surface area contributed by atoms with Crippen LogP contribution in [0, 0.1) is 5.92 Å². The molecule has 0 aliphatic carbocycles. The first kappa shape index (κ1) is 18.3. The molecule has 1 atom stereocenters. The lowest BCUT2D eigenvalue weighted by atomic mass is 10.1. The van der Waals surface area contributed by atoms with Crippen LogP contribution < -0.4 is 9.47 Å². The minimum Gasteiger partial charge on any atom is -0.493 e. The number of benzene rings is 1. The van der Waals surface area contributed by atoms with Gasteiger partial charge in [-0.1, -0.05) is 19.9 Å². The fourth-order valence-corrected chi connectivity index (χ4v) is 1.95. The molecule has 0 spiro atoms. The highest BCUT2D eigenvalue weighted by Crippen LogP contribution is 2.29. The lowest BCUT2D eigenvalue weighted by Gasteiger charge is -2.21. The van der Waals surface area contributed by atoms with Gasteiger partial charge in [0.25, 0.3) is 0 Å². The Labute approximate surface area is 132 Å². The molecule has 0 radical (unpaired) electrons. The second-order valence-corrected chi connectivity index (χ2v) is 5.95. The van der Waals surface area contributed by atoms with Gasteiger partial charge in [-0.2, -0.15) is 0 Å². The van der Waals surface area contributed by atoms with Crippen LogP contribution in [0.3, 0.4) is 0 Å². The molecule has 0 saturated heterocycles. The van der Waals surface area contributed by atoms with Gasteiger partial charge < -0.3 is 14.6 Å². The van der Waals surface area contributed by atoms with Crippen LogP contribution in [-0.4, -0.2) is 42.8 Å². The Balaban J connectivity index is 2.78. The van der Waals surface area contributed by atoms with Gasteiger partial charge in [-0.15, -0.1) is 0 Å². The molecule has 0 heterocycles. The van der Waals surface area contributed by atoms with E-state index in [9.17, 15) is 4.79 Å². The zero-order chi connectivity index (χ0) is 16.7. The fourth-order valence-electron chi connectivity index (χ4n) is 1.95. The molecule has 0 saturated carbocycles. The third kappa shape index (κ3) is 5.56. The maximum absolute atomic E-state index is 11.0. The van der Waals surface area contributed by atoms with E-state index < -0.39 is 12.0 Å². The lowest BCUT2D eigenvalue weighted by molar-refractivity contribution is -0.142. The van der Waals surface area contributed by atoms with Crippen molar-refractivity contribution in [2.45, 2.75) is 39.8 Å². The Bertz CT molecular complexity index is 488. The molecule has 5 nitrogen and oxygen atoms in total. The van der Waals surface area contributed by atoms with Gasteiger partial charge in [0.1, 0.15) is 6.04 Å². The summed E-state index contributed by atoms with van der Waals surface area (Å²) in [5.41, 5.74) is 0.996. The zero-order valence-corrected chi connectivity index (χ0v) is 14.1. The number of rotatable bonds is 9. The number of ether oxygens (including phenoxy) is 2. The number of hydrogen-bond donors (Lipinski definition) is 1. The van der Waals surface area contributed by atoms with Gasteiger partial charge in [-0.25, -0.2) is 0 Å². The van der Waals surface area contributed by atoms with Crippen LogP contribution in [0.1, 0.15) is 32.8 Å². The molecular formula is C17H27NO4. The number of aliphatic carboxylic acids is 1. The van der Waals surface area contributed by atoms with E-state index in [0.29, 0.717) is 30.6 Å². The Morgan fingerprint density at radius 1 is 1.27 bits per heavy atom. The Kier molecular flexibility index (Phi) is 7.18. The quantitative estimate of drug-likeness (QED) is 0.760. The molecular weight excluding hydrogens is 282 g/mol. The molecule has 1 unspecified atom stereocenters. The maximum Gasteiger partial charge on any atom is 0.320 e. The molecule has 1 aromatic carbocycles. The highest BCUT2D eigenvalue weighted by Gasteiger charge is 2.17. The Hall–Kier alpha value is -1.75. The molecule has 1 N–H and O–H groups in total. The summed E-state index contributed by atoms with van der Waals surface area (Å²) in [5, 5.41) is 9.05. The van der Waals surface area contributed by atoms with E-state index in [1.165, 1.54) is 0 Å². The molecule has 0 fully saturated rings. The second kappa shape index (κ2) is 8.63. The molecule has 0 aliphatic heterocycles. The first-order valence-corrected chi connectivity index (χ1v) is 7.58. The van der Waals surface area contributed by atoms with Gasteiger partial charge in [-0.05, 0) is 44.0 Å². The smallest absolute Gasteiger partial charge is 0.320 e. The predicted octanol–water partition coefficient (Wildman–Crippen LogP) is 3.03. The molecule has 1 rings (SSSR count). The predicted molar refractivity (Wildman–Crippen MR) is 86.5 cm³/mol. The van der Waals surface area contributed by atoms with E-state index in [2.05, 4.69) is 13.8 Å². The van der Waals surface area contributed by atoms with Crippen LogP contribution in [0.4, 0.5) is 0 Å². The highest BCUT2D eigenvalue weighted by atomic mass is 16.5. The third-order valence-corrected chi connectivity index (χ3v) is 3.63. The van der Waals surface area contributed by atoms with Crippen LogP contribution in [0.2, 0.25) is 0 Å². The van der Waals surface area contributed by atoms with E-state index in [0.717, 1.165) is 12.0 Å². The van der Waals surface area contributed by atoms with E-state index >= 15 is 0 Å². The van der Waals surface area contributed by atoms with E-state index in [1.807, 2.05) is 18.2 Å². The molecule has 124 valence electrons. The topological polar surface area (TPSA) is 59.0 Å².